The van der Waals surface area contributed by atoms with E-state index in [1.807, 2.05) is 29.2 Å². The summed E-state index contributed by atoms with van der Waals surface area (Å²) in [5.41, 5.74) is 10.7. The SMILES string of the molecule is CCCc1nc2c(N)nc3cc(-c4cccc(C(=O)N5CCCC5)c4)ccc3c2s1. The van der Waals surface area contributed by atoms with Crippen molar-refractivity contribution in [3.8, 4) is 11.1 Å². The number of nitrogens with two attached hydrogens (primary N) is 1. The van der Waals surface area contributed by atoms with Gasteiger partial charge in [0.1, 0.15) is 5.52 Å². The van der Waals surface area contributed by atoms with Crippen LogP contribution in [0.1, 0.15) is 41.6 Å². The molecule has 4 aromatic rings. The lowest BCUT2D eigenvalue weighted by atomic mass is 10.0. The molecule has 6 heteroatoms. The van der Waals surface area contributed by atoms with Crippen LogP contribution in [0.25, 0.3) is 32.2 Å². The first-order valence-electron chi connectivity index (χ1n) is 10.5. The van der Waals surface area contributed by atoms with E-state index < -0.39 is 0 Å². The second-order valence-corrected chi connectivity index (χ2v) is 8.93. The molecule has 3 heterocycles. The number of anilines is 1. The van der Waals surface area contributed by atoms with E-state index in [2.05, 4.69) is 30.1 Å². The Labute approximate surface area is 179 Å². The Morgan fingerprint density at radius 1 is 1.10 bits per heavy atom. The molecule has 0 saturated carbocycles. The average Bonchev–Trinajstić information content (AvgIpc) is 3.44. The van der Waals surface area contributed by atoms with Crippen LogP contribution in [0.2, 0.25) is 0 Å². The molecule has 1 saturated heterocycles. The van der Waals surface area contributed by atoms with Gasteiger partial charge in [0, 0.05) is 24.0 Å². The van der Waals surface area contributed by atoms with E-state index in [0.29, 0.717) is 5.82 Å². The summed E-state index contributed by atoms with van der Waals surface area (Å²) in [6, 6.07) is 14.1. The third kappa shape index (κ3) is 3.31. The number of amides is 1. The van der Waals surface area contributed by atoms with Gasteiger partial charge in [-0.25, -0.2) is 9.97 Å². The van der Waals surface area contributed by atoms with Crippen LogP contribution in [-0.2, 0) is 6.42 Å². The molecule has 0 bridgehead atoms. The number of carbonyl (C=O) groups is 1. The number of hydrogen-bond donors (Lipinski definition) is 1. The van der Waals surface area contributed by atoms with E-state index >= 15 is 0 Å². The molecule has 1 aliphatic heterocycles. The number of nitrogen functional groups attached to an aromatic ring is 1. The normalized spacial score (nSPS) is 14.1. The molecule has 0 radical (unpaired) electrons. The molecule has 2 aromatic carbocycles. The molecule has 30 heavy (non-hydrogen) atoms. The molecule has 0 spiro atoms. The van der Waals surface area contributed by atoms with Crippen LogP contribution in [0.15, 0.2) is 42.5 Å². The molecule has 1 amide bonds. The molecule has 1 aliphatic rings. The number of nitrogens with zero attached hydrogens (tertiary/aromatic N) is 3. The maximum absolute atomic E-state index is 12.8. The Morgan fingerprint density at radius 3 is 2.70 bits per heavy atom. The highest BCUT2D eigenvalue weighted by Crippen LogP contribution is 2.35. The van der Waals surface area contributed by atoms with Crippen molar-refractivity contribution < 1.29 is 4.79 Å². The summed E-state index contributed by atoms with van der Waals surface area (Å²) in [5.74, 6) is 0.596. The molecule has 5 nitrogen and oxygen atoms in total. The van der Waals surface area contributed by atoms with Crippen LogP contribution >= 0.6 is 11.3 Å². The summed E-state index contributed by atoms with van der Waals surface area (Å²) < 4.78 is 1.10. The number of aromatic nitrogens is 2. The van der Waals surface area contributed by atoms with Crippen molar-refractivity contribution in [3.63, 3.8) is 0 Å². The average molecular weight is 417 g/mol. The van der Waals surface area contributed by atoms with Crippen LogP contribution < -0.4 is 5.73 Å². The van der Waals surface area contributed by atoms with Gasteiger partial charge in [-0.1, -0.05) is 31.2 Å². The lowest BCUT2D eigenvalue weighted by Gasteiger charge is -2.15. The van der Waals surface area contributed by atoms with Crippen molar-refractivity contribution in [2.75, 3.05) is 18.8 Å². The van der Waals surface area contributed by atoms with Crippen LogP contribution in [0.4, 0.5) is 5.82 Å². The van der Waals surface area contributed by atoms with Gasteiger partial charge in [0.15, 0.2) is 5.82 Å². The Bertz CT molecular complexity index is 1260. The van der Waals surface area contributed by atoms with Crippen LogP contribution in [0, 0.1) is 0 Å². The fourth-order valence-corrected chi connectivity index (χ4v) is 5.36. The number of aryl methyl sites for hydroxylation is 1. The quantitative estimate of drug-likeness (QED) is 0.491. The summed E-state index contributed by atoms with van der Waals surface area (Å²) in [6.45, 7) is 3.86. The van der Waals surface area contributed by atoms with Gasteiger partial charge in [-0.05, 0) is 55.0 Å². The summed E-state index contributed by atoms with van der Waals surface area (Å²) >= 11 is 1.71. The predicted octanol–water partition coefficient (Wildman–Crippen LogP) is 5.28. The molecule has 0 aliphatic carbocycles. The summed E-state index contributed by atoms with van der Waals surface area (Å²) in [4.78, 5) is 24.0. The minimum atomic E-state index is 0.118. The van der Waals surface area contributed by atoms with Gasteiger partial charge >= 0.3 is 0 Å². The zero-order valence-electron chi connectivity index (χ0n) is 17.0. The molecular formula is C24H24N4OS. The largest absolute Gasteiger partial charge is 0.382 e. The second kappa shape index (κ2) is 7.69. The van der Waals surface area contributed by atoms with Crippen molar-refractivity contribution in [1.29, 1.82) is 0 Å². The van der Waals surface area contributed by atoms with Crippen LogP contribution in [0.3, 0.4) is 0 Å². The fraction of sp³-hybridized carbons (Fsp3) is 0.292. The van der Waals surface area contributed by atoms with E-state index in [1.165, 1.54) is 0 Å². The van der Waals surface area contributed by atoms with Crippen molar-refractivity contribution in [1.82, 2.24) is 14.9 Å². The third-order valence-corrected chi connectivity index (χ3v) is 6.85. The van der Waals surface area contributed by atoms with Gasteiger partial charge in [-0.15, -0.1) is 11.3 Å². The highest BCUT2D eigenvalue weighted by Gasteiger charge is 2.20. The third-order valence-electron chi connectivity index (χ3n) is 5.70. The van der Waals surface area contributed by atoms with Gasteiger partial charge in [0.2, 0.25) is 0 Å². The van der Waals surface area contributed by atoms with E-state index in [1.54, 1.807) is 11.3 Å². The molecule has 1 fully saturated rings. The first kappa shape index (κ1) is 19.0. The number of pyridine rings is 1. The predicted molar refractivity (Wildman–Crippen MR) is 124 cm³/mol. The van der Waals surface area contributed by atoms with E-state index in [-0.39, 0.29) is 5.91 Å². The molecule has 0 atom stereocenters. The maximum atomic E-state index is 12.8. The van der Waals surface area contributed by atoms with Gasteiger partial charge in [-0.2, -0.15) is 0 Å². The van der Waals surface area contributed by atoms with Crippen molar-refractivity contribution >= 4 is 44.2 Å². The molecule has 5 rings (SSSR count). The van der Waals surface area contributed by atoms with Crippen LogP contribution in [0.5, 0.6) is 0 Å². The van der Waals surface area contributed by atoms with E-state index in [4.69, 9.17) is 10.7 Å². The topological polar surface area (TPSA) is 72.1 Å². The summed E-state index contributed by atoms with van der Waals surface area (Å²) in [5, 5.41) is 2.18. The molecule has 2 aromatic heterocycles. The van der Waals surface area contributed by atoms with Gasteiger partial charge < -0.3 is 10.6 Å². The smallest absolute Gasteiger partial charge is 0.253 e. The van der Waals surface area contributed by atoms with Gasteiger partial charge in [-0.3, -0.25) is 4.79 Å². The zero-order valence-corrected chi connectivity index (χ0v) is 17.8. The summed E-state index contributed by atoms with van der Waals surface area (Å²) in [6.07, 6.45) is 4.20. The fourth-order valence-electron chi connectivity index (χ4n) is 4.15. The summed E-state index contributed by atoms with van der Waals surface area (Å²) in [7, 11) is 0. The van der Waals surface area contributed by atoms with Crippen molar-refractivity contribution in [3.05, 3.63) is 53.0 Å². The van der Waals surface area contributed by atoms with Crippen molar-refractivity contribution in [2.24, 2.45) is 0 Å². The molecule has 152 valence electrons. The lowest BCUT2D eigenvalue weighted by molar-refractivity contribution is 0.0793. The second-order valence-electron chi connectivity index (χ2n) is 7.84. The Kier molecular flexibility index (Phi) is 4.87. The van der Waals surface area contributed by atoms with E-state index in [9.17, 15) is 4.79 Å². The lowest BCUT2D eigenvalue weighted by Crippen LogP contribution is -2.27. The highest BCUT2D eigenvalue weighted by molar-refractivity contribution is 7.19. The van der Waals surface area contributed by atoms with E-state index in [0.717, 1.165) is 81.6 Å². The zero-order chi connectivity index (χ0) is 20.7. The number of rotatable bonds is 4. The number of hydrogen-bond acceptors (Lipinski definition) is 5. The standard InChI is InChI=1S/C24H24N4OS/c1-2-6-20-27-21-22(30-20)18-10-9-16(14-19(18)26-23(21)25)15-7-5-8-17(13-15)24(29)28-11-3-4-12-28/h5,7-10,13-14H,2-4,6,11-12H2,1H3,(H2,25,26). The molecule has 2 N–H and O–H groups in total. The maximum Gasteiger partial charge on any atom is 0.253 e. The van der Waals surface area contributed by atoms with Gasteiger partial charge in [0.25, 0.3) is 5.91 Å². The Morgan fingerprint density at radius 2 is 1.90 bits per heavy atom. The number of likely N-dealkylation sites (tertiary alicyclic amines) is 1. The number of fused-ring (bicyclic) bond motifs is 3. The van der Waals surface area contributed by atoms with Crippen molar-refractivity contribution in [2.45, 2.75) is 32.6 Å². The van der Waals surface area contributed by atoms with Gasteiger partial charge in [0.05, 0.1) is 15.2 Å². The minimum absolute atomic E-state index is 0.118. The Hall–Kier alpha value is -2.99. The number of benzene rings is 2. The monoisotopic (exact) mass is 416 g/mol. The molecular weight excluding hydrogens is 392 g/mol. The van der Waals surface area contributed by atoms with Crippen LogP contribution in [-0.4, -0.2) is 33.9 Å². The Balaban J connectivity index is 1.56. The first-order chi connectivity index (χ1) is 14.6. The molecule has 0 unspecified atom stereocenters. The highest BCUT2D eigenvalue weighted by atomic mass is 32.1. The first-order valence-corrected chi connectivity index (χ1v) is 11.3. The number of thiazole rings is 1. The number of carbonyl (C=O) groups excluding carboxylic acids is 1. The minimum Gasteiger partial charge on any atom is -0.382 e.